The van der Waals surface area contributed by atoms with Crippen LogP contribution in [0.25, 0.3) is 0 Å². The molecule has 1 atom stereocenters. The molecule has 3 aromatic heterocycles. The van der Waals surface area contributed by atoms with Gasteiger partial charge < -0.3 is 16.2 Å². The van der Waals surface area contributed by atoms with Crippen LogP contribution in [0.1, 0.15) is 27.6 Å². The van der Waals surface area contributed by atoms with Crippen molar-refractivity contribution in [2.24, 2.45) is 5.73 Å². The maximum Gasteiger partial charge on any atom is 0.244 e. The average molecular weight is 404 g/mol. The molecular weight excluding hydrogens is 390 g/mol. The number of ether oxygens (including phenoxy) is 1. The number of aromatic nitrogens is 4. The second-order valence-corrected chi connectivity index (χ2v) is 8.72. The third-order valence-electron chi connectivity index (χ3n) is 3.87. The van der Waals surface area contributed by atoms with Crippen LogP contribution in [0.15, 0.2) is 27.2 Å². The maximum absolute atomic E-state index is 9.58. The first-order valence-corrected chi connectivity index (χ1v) is 10.2. The Bertz CT molecular complexity index is 1040. The summed E-state index contributed by atoms with van der Waals surface area (Å²) in [5.41, 5.74) is 14.8. The maximum atomic E-state index is 9.58. The number of nitriles is 1. The molecule has 0 saturated heterocycles. The Kier molecular flexibility index (Phi) is 4.31. The summed E-state index contributed by atoms with van der Waals surface area (Å²) in [4.78, 5) is 1.02. The van der Waals surface area contributed by atoms with E-state index in [0.717, 1.165) is 31.8 Å². The quantitative estimate of drug-likeness (QED) is 0.565. The number of thioether (sulfide) groups is 1. The van der Waals surface area contributed by atoms with Gasteiger partial charge in [0.05, 0.1) is 11.5 Å². The molecule has 0 fully saturated rings. The summed E-state index contributed by atoms with van der Waals surface area (Å²) in [7, 11) is 0. The Morgan fingerprint density at radius 2 is 2.27 bits per heavy atom. The predicted molar refractivity (Wildman–Crippen MR) is 101 cm³/mol. The van der Waals surface area contributed by atoms with E-state index in [1.54, 1.807) is 23.1 Å². The van der Waals surface area contributed by atoms with Gasteiger partial charge in [0.1, 0.15) is 11.6 Å². The number of rotatable bonds is 4. The Morgan fingerprint density at radius 3 is 3.00 bits per heavy atom. The summed E-state index contributed by atoms with van der Waals surface area (Å²) in [6.45, 7) is 1.91. The van der Waals surface area contributed by atoms with Crippen LogP contribution in [0, 0.1) is 18.3 Å². The second kappa shape index (κ2) is 6.64. The third-order valence-corrected chi connectivity index (χ3v) is 6.88. The van der Waals surface area contributed by atoms with E-state index in [9.17, 15) is 5.26 Å². The zero-order chi connectivity index (χ0) is 18.3. The van der Waals surface area contributed by atoms with Gasteiger partial charge in [-0.3, -0.25) is 5.10 Å². The molecule has 132 valence electrons. The molecule has 11 heteroatoms. The number of nitrogens with two attached hydrogens (primary N) is 2. The molecule has 0 unspecified atom stereocenters. The van der Waals surface area contributed by atoms with Crippen LogP contribution < -0.4 is 16.2 Å². The first-order valence-electron chi connectivity index (χ1n) is 7.48. The van der Waals surface area contributed by atoms with E-state index in [4.69, 9.17) is 16.2 Å². The van der Waals surface area contributed by atoms with Crippen LogP contribution in [-0.2, 0) is 5.75 Å². The van der Waals surface area contributed by atoms with Crippen molar-refractivity contribution in [1.29, 1.82) is 5.26 Å². The minimum Gasteiger partial charge on any atom is -0.420 e. The Morgan fingerprint density at radius 1 is 1.42 bits per heavy atom. The molecule has 5 N–H and O–H groups in total. The monoisotopic (exact) mass is 403 g/mol. The van der Waals surface area contributed by atoms with Crippen molar-refractivity contribution in [3.05, 3.63) is 44.6 Å². The van der Waals surface area contributed by atoms with Crippen LogP contribution in [0.3, 0.4) is 0 Å². The predicted octanol–water partition coefficient (Wildman–Crippen LogP) is 2.72. The van der Waals surface area contributed by atoms with E-state index in [0.29, 0.717) is 16.6 Å². The molecule has 0 radical (unpaired) electrons. The van der Waals surface area contributed by atoms with E-state index in [1.165, 1.54) is 11.3 Å². The SMILES string of the molecule is Cc1[nH]nc2c1[C@@H](c1cc(CSc3nnc(N)s3)cs1)C(C#N)=C(N)O2. The zero-order valence-corrected chi connectivity index (χ0v) is 16.0. The number of hydrogen-bond acceptors (Lipinski definition) is 10. The third kappa shape index (κ3) is 2.92. The van der Waals surface area contributed by atoms with Gasteiger partial charge in [-0.05, 0) is 23.9 Å². The fourth-order valence-corrected chi connectivity index (χ4v) is 5.43. The minimum atomic E-state index is -0.275. The number of aryl methyl sites for hydroxylation is 1. The number of nitrogens with one attached hydrogen (secondary N) is 1. The van der Waals surface area contributed by atoms with Crippen LogP contribution in [0.4, 0.5) is 5.13 Å². The van der Waals surface area contributed by atoms with Crippen molar-refractivity contribution in [2.75, 3.05) is 5.73 Å². The van der Waals surface area contributed by atoms with E-state index >= 15 is 0 Å². The lowest BCUT2D eigenvalue weighted by Crippen LogP contribution is -2.20. The minimum absolute atomic E-state index is 0.102. The number of thiophene rings is 1. The number of nitrogens with zero attached hydrogens (tertiary/aromatic N) is 4. The highest BCUT2D eigenvalue weighted by atomic mass is 32.2. The summed E-state index contributed by atoms with van der Waals surface area (Å²) >= 11 is 4.53. The molecule has 4 heterocycles. The van der Waals surface area contributed by atoms with Gasteiger partial charge in [0.2, 0.25) is 16.9 Å². The van der Waals surface area contributed by atoms with Crippen LogP contribution in [-0.4, -0.2) is 20.4 Å². The van der Waals surface area contributed by atoms with Crippen molar-refractivity contribution in [2.45, 2.75) is 22.9 Å². The fourth-order valence-electron chi connectivity index (χ4n) is 2.73. The van der Waals surface area contributed by atoms with Crippen LogP contribution in [0.5, 0.6) is 5.88 Å². The average Bonchev–Trinajstić information content (AvgIpc) is 3.33. The van der Waals surface area contributed by atoms with E-state index in [-0.39, 0.29) is 11.8 Å². The highest BCUT2D eigenvalue weighted by Gasteiger charge is 2.35. The largest absolute Gasteiger partial charge is 0.420 e. The number of aromatic amines is 1. The van der Waals surface area contributed by atoms with Gasteiger partial charge in [0.25, 0.3) is 0 Å². The van der Waals surface area contributed by atoms with Gasteiger partial charge in [-0.15, -0.1) is 26.6 Å². The molecule has 26 heavy (non-hydrogen) atoms. The fraction of sp³-hybridized carbons (Fsp3) is 0.200. The number of nitrogen functional groups attached to an aromatic ring is 1. The molecular formula is C15H13N7OS3. The number of H-pyrrole nitrogens is 1. The van der Waals surface area contributed by atoms with Gasteiger partial charge in [-0.2, -0.15) is 5.26 Å². The van der Waals surface area contributed by atoms with Gasteiger partial charge in [-0.1, -0.05) is 23.1 Å². The number of anilines is 1. The molecule has 1 aliphatic heterocycles. The van der Waals surface area contributed by atoms with Crippen molar-refractivity contribution in [3.63, 3.8) is 0 Å². The lowest BCUT2D eigenvalue weighted by atomic mass is 9.89. The first-order chi connectivity index (χ1) is 12.6. The lowest BCUT2D eigenvalue weighted by Gasteiger charge is -2.22. The van der Waals surface area contributed by atoms with Gasteiger partial charge in [0.15, 0.2) is 4.34 Å². The number of hydrogen-bond donors (Lipinski definition) is 3. The van der Waals surface area contributed by atoms with Crippen molar-refractivity contribution >= 4 is 39.6 Å². The van der Waals surface area contributed by atoms with Crippen molar-refractivity contribution < 1.29 is 4.74 Å². The topological polar surface area (TPSA) is 140 Å². The number of allylic oxidation sites excluding steroid dienone is 1. The molecule has 4 rings (SSSR count). The first kappa shape index (κ1) is 16.9. The smallest absolute Gasteiger partial charge is 0.244 e. The highest BCUT2D eigenvalue weighted by Crippen LogP contribution is 2.44. The molecule has 0 spiro atoms. The summed E-state index contributed by atoms with van der Waals surface area (Å²) in [5, 5.41) is 27.0. The molecule has 8 nitrogen and oxygen atoms in total. The lowest BCUT2D eigenvalue weighted by molar-refractivity contribution is 0.379. The Labute approximate surface area is 160 Å². The van der Waals surface area contributed by atoms with Crippen molar-refractivity contribution in [1.82, 2.24) is 20.4 Å². The summed E-state index contributed by atoms with van der Waals surface area (Å²) < 4.78 is 6.32. The van der Waals surface area contributed by atoms with Gasteiger partial charge in [0, 0.05) is 16.3 Å². The van der Waals surface area contributed by atoms with E-state index < -0.39 is 0 Å². The summed E-state index contributed by atoms with van der Waals surface area (Å²) in [6.07, 6.45) is 0. The molecule has 1 aliphatic rings. The van der Waals surface area contributed by atoms with Gasteiger partial charge in [-0.25, -0.2) is 0 Å². The van der Waals surface area contributed by atoms with E-state index in [1.807, 2.05) is 6.92 Å². The number of fused-ring (bicyclic) bond motifs is 1. The zero-order valence-electron chi connectivity index (χ0n) is 13.5. The standard InChI is InChI=1S/C15H13N7OS3/c1-6-10-11(8(3-16)12(17)23-13(10)20-19-6)9-2-7(4-24-9)5-25-15-22-21-14(18)26-15/h2,4,11H,5,17H2,1H3,(H2,18,21)(H,19,20)/t11-/m1/s1. The highest BCUT2D eigenvalue weighted by molar-refractivity contribution is 8.00. The molecule has 0 saturated carbocycles. The van der Waals surface area contributed by atoms with Crippen LogP contribution in [0.2, 0.25) is 0 Å². The Hall–Kier alpha value is -2.55. The molecule has 3 aromatic rings. The normalized spacial score (nSPS) is 16.2. The van der Waals surface area contributed by atoms with E-state index in [2.05, 4.69) is 37.9 Å². The summed E-state index contributed by atoms with van der Waals surface area (Å²) in [5.74, 6) is 0.999. The molecule has 0 amide bonds. The molecule has 0 bridgehead atoms. The van der Waals surface area contributed by atoms with Crippen LogP contribution >= 0.6 is 34.4 Å². The summed E-state index contributed by atoms with van der Waals surface area (Å²) in [6, 6.07) is 4.27. The second-order valence-electron chi connectivity index (χ2n) is 5.54. The Balaban J connectivity index is 1.63. The van der Waals surface area contributed by atoms with Crippen molar-refractivity contribution in [3.8, 4) is 11.9 Å². The van der Waals surface area contributed by atoms with Gasteiger partial charge >= 0.3 is 0 Å². The molecule has 0 aromatic carbocycles. The molecule has 0 aliphatic carbocycles.